The first kappa shape index (κ1) is 24.3. The predicted octanol–water partition coefficient (Wildman–Crippen LogP) is 6.41. The maximum absolute atomic E-state index is 12.8. The van der Waals surface area contributed by atoms with E-state index in [9.17, 15) is 9.59 Å². The van der Waals surface area contributed by atoms with Gasteiger partial charge in [0.2, 0.25) is 0 Å². The molecule has 0 bridgehead atoms. The van der Waals surface area contributed by atoms with Crippen molar-refractivity contribution in [2.75, 3.05) is 11.9 Å². The van der Waals surface area contributed by atoms with Crippen molar-refractivity contribution in [2.45, 2.75) is 6.54 Å². The van der Waals surface area contributed by atoms with E-state index in [1.54, 1.807) is 41.3 Å². The van der Waals surface area contributed by atoms with Gasteiger partial charge < -0.3 is 10.1 Å². The molecule has 0 spiro atoms. The van der Waals surface area contributed by atoms with E-state index in [2.05, 4.69) is 5.32 Å². The lowest BCUT2D eigenvalue weighted by molar-refractivity contribution is -0.122. The molecule has 0 saturated carbocycles. The van der Waals surface area contributed by atoms with E-state index in [1.807, 2.05) is 42.5 Å². The van der Waals surface area contributed by atoms with E-state index >= 15 is 0 Å². The van der Waals surface area contributed by atoms with Gasteiger partial charge in [0.05, 0.1) is 27.2 Å². The minimum Gasteiger partial charge on any atom is -0.484 e. The van der Waals surface area contributed by atoms with E-state index < -0.39 is 0 Å². The number of carbonyl (C=O) groups is 2. The Morgan fingerprint density at radius 3 is 2.50 bits per heavy atom. The molecule has 0 radical (unpaired) electrons. The molecule has 3 aromatic carbocycles. The summed E-state index contributed by atoms with van der Waals surface area (Å²) in [5.41, 5.74) is 2.26. The highest BCUT2D eigenvalue weighted by molar-refractivity contribution is 8.26. The Hall–Kier alpha value is -2.84. The second-order valence-electron chi connectivity index (χ2n) is 7.26. The zero-order valence-electron chi connectivity index (χ0n) is 17.7. The summed E-state index contributed by atoms with van der Waals surface area (Å²) in [5, 5.41) is 3.29. The lowest BCUT2D eigenvalue weighted by atomic mass is 10.2. The smallest absolute Gasteiger partial charge is 0.266 e. The summed E-state index contributed by atoms with van der Waals surface area (Å²) in [6, 6.07) is 21.8. The van der Waals surface area contributed by atoms with Gasteiger partial charge in [-0.1, -0.05) is 95.7 Å². The van der Waals surface area contributed by atoms with Crippen LogP contribution in [0.3, 0.4) is 0 Å². The quantitative estimate of drug-likeness (QED) is 0.283. The summed E-state index contributed by atoms with van der Waals surface area (Å²) in [6.45, 7) is 0.248. The minimum absolute atomic E-state index is 0.115. The lowest BCUT2D eigenvalue weighted by Gasteiger charge is -2.14. The van der Waals surface area contributed by atoms with E-state index in [0.717, 1.165) is 11.1 Å². The number of benzene rings is 3. The van der Waals surface area contributed by atoms with Gasteiger partial charge in [-0.25, -0.2) is 0 Å². The number of nitrogens with one attached hydrogen (secondary N) is 1. The number of carbonyl (C=O) groups excluding carboxylic acids is 2. The third-order valence-electron chi connectivity index (χ3n) is 4.83. The van der Waals surface area contributed by atoms with E-state index in [1.165, 1.54) is 11.8 Å². The summed E-state index contributed by atoms with van der Waals surface area (Å²) < 4.78 is 6.08. The van der Waals surface area contributed by atoms with Gasteiger partial charge in [0.25, 0.3) is 11.8 Å². The van der Waals surface area contributed by atoms with Crippen LogP contribution in [0.4, 0.5) is 5.69 Å². The first-order chi connectivity index (χ1) is 16.4. The predicted molar refractivity (Wildman–Crippen MR) is 142 cm³/mol. The molecule has 1 aliphatic heterocycles. The number of anilines is 1. The van der Waals surface area contributed by atoms with Crippen LogP contribution in [0.15, 0.2) is 77.7 Å². The maximum Gasteiger partial charge on any atom is 0.266 e. The number of ether oxygens (including phenoxy) is 1. The van der Waals surface area contributed by atoms with Crippen LogP contribution < -0.4 is 10.1 Å². The van der Waals surface area contributed by atoms with E-state index in [4.69, 9.17) is 40.2 Å². The molecule has 2 amide bonds. The van der Waals surface area contributed by atoms with Crippen LogP contribution in [0.25, 0.3) is 6.08 Å². The summed E-state index contributed by atoms with van der Waals surface area (Å²) >= 11 is 18.7. The van der Waals surface area contributed by atoms with Crippen molar-refractivity contribution < 1.29 is 14.3 Å². The van der Waals surface area contributed by atoms with Crippen LogP contribution in [0.1, 0.15) is 11.1 Å². The summed E-state index contributed by atoms with van der Waals surface area (Å²) in [5.74, 6) is 0.0342. The monoisotopic (exact) mass is 528 g/mol. The second kappa shape index (κ2) is 11.1. The molecule has 1 N–H and O–H groups in total. The van der Waals surface area contributed by atoms with Gasteiger partial charge >= 0.3 is 0 Å². The van der Waals surface area contributed by atoms with Gasteiger partial charge in [-0.2, -0.15) is 0 Å². The Kier molecular flexibility index (Phi) is 7.90. The molecule has 1 fully saturated rings. The minimum atomic E-state index is -0.365. The molecule has 1 saturated heterocycles. The Labute approximate surface area is 216 Å². The van der Waals surface area contributed by atoms with Crippen molar-refractivity contribution in [1.29, 1.82) is 0 Å². The summed E-state index contributed by atoms with van der Waals surface area (Å²) in [7, 11) is 0. The molecule has 0 aliphatic carbocycles. The summed E-state index contributed by atoms with van der Waals surface area (Å²) in [6.07, 6.45) is 1.79. The SMILES string of the molecule is O=C(COc1ccc(/C=C2\SC(=S)N(Cc3ccccc3)C2=O)cc1)Nc1cccc(Cl)c1Cl. The lowest BCUT2D eigenvalue weighted by Crippen LogP contribution is -2.27. The Morgan fingerprint density at radius 2 is 1.76 bits per heavy atom. The van der Waals surface area contributed by atoms with Gasteiger partial charge in [0.1, 0.15) is 10.1 Å². The van der Waals surface area contributed by atoms with Crippen LogP contribution in [-0.4, -0.2) is 27.6 Å². The molecule has 0 unspecified atom stereocenters. The first-order valence-corrected chi connectivity index (χ1v) is 12.1. The second-order valence-corrected chi connectivity index (χ2v) is 9.72. The van der Waals surface area contributed by atoms with Gasteiger partial charge in [0, 0.05) is 0 Å². The topological polar surface area (TPSA) is 58.6 Å². The zero-order chi connectivity index (χ0) is 24.1. The van der Waals surface area contributed by atoms with Gasteiger partial charge in [-0.05, 0) is 41.5 Å². The Bertz CT molecular complexity index is 1260. The molecule has 0 atom stereocenters. The Morgan fingerprint density at radius 1 is 1.03 bits per heavy atom. The third-order valence-corrected chi connectivity index (χ3v) is 7.03. The largest absolute Gasteiger partial charge is 0.484 e. The van der Waals surface area contributed by atoms with Crippen molar-refractivity contribution in [2.24, 2.45) is 0 Å². The molecule has 5 nitrogen and oxygen atoms in total. The number of nitrogens with zero attached hydrogens (tertiary/aromatic N) is 1. The van der Waals surface area contributed by atoms with E-state index in [-0.39, 0.29) is 23.4 Å². The highest BCUT2D eigenvalue weighted by Crippen LogP contribution is 2.34. The van der Waals surface area contributed by atoms with Crippen molar-refractivity contribution in [3.05, 3.63) is 98.9 Å². The van der Waals surface area contributed by atoms with Crippen LogP contribution in [0.2, 0.25) is 10.0 Å². The third kappa shape index (κ3) is 5.98. The number of hydrogen-bond donors (Lipinski definition) is 1. The van der Waals surface area contributed by atoms with Gasteiger partial charge in [0.15, 0.2) is 6.61 Å². The van der Waals surface area contributed by atoms with Gasteiger partial charge in [-0.15, -0.1) is 0 Å². The molecular formula is C25H18Cl2N2O3S2. The van der Waals surface area contributed by atoms with Crippen molar-refractivity contribution in [3.8, 4) is 5.75 Å². The highest BCUT2D eigenvalue weighted by Gasteiger charge is 2.31. The number of hydrogen-bond acceptors (Lipinski definition) is 5. The molecule has 34 heavy (non-hydrogen) atoms. The maximum atomic E-state index is 12.8. The van der Waals surface area contributed by atoms with Crippen molar-refractivity contribution in [3.63, 3.8) is 0 Å². The van der Waals surface area contributed by atoms with Crippen LogP contribution >= 0.6 is 47.2 Å². The molecule has 1 aliphatic rings. The normalized spacial score (nSPS) is 14.5. The zero-order valence-corrected chi connectivity index (χ0v) is 20.8. The average Bonchev–Trinajstić information content (AvgIpc) is 3.09. The summed E-state index contributed by atoms with van der Waals surface area (Å²) in [4.78, 5) is 27.2. The van der Waals surface area contributed by atoms with Gasteiger partial charge in [-0.3, -0.25) is 14.5 Å². The van der Waals surface area contributed by atoms with Crippen molar-refractivity contribution in [1.82, 2.24) is 4.90 Å². The van der Waals surface area contributed by atoms with Crippen LogP contribution in [-0.2, 0) is 16.1 Å². The number of halogens is 2. The molecule has 4 rings (SSSR count). The Balaban J connectivity index is 1.34. The van der Waals surface area contributed by atoms with Crippen molar-refractivity contribution >= 4 is 75.1 Å². The molecule has 3 aromatic rings. The number of rotatable bonds is 7. The highest BCUT2D eigenvalue weighted by atomic mass is 35.5. The average molecular weight is 529 g/mol. The molecule has 0 aromatic heterocycles. The first-order valence-electron chi connectivity index (χ1n) is 10.2. The number of thioether (sulfide) groups is 1. The number of amides is 2. The fourth-order valence-electron chi connectivity index (χ4n) is 3.15. The number of thiocarbonyl (C=S) groups is 1. The molecule has 1 heterocycles. The van der Waals surface area contributed by atoms with Crippen LogP contribution in [0, 0.1) is 0 Å². The molecule has 9 heteroatoms. The standard InChI is InChI=1S/C25H18Cl2N2O3S2/c26-19-7-4-8-20(23(19)27)28-22(30)15-32-18-11-9-16(10-12-18)13-21-24(31)29(25(33)34-21)14-17-5-2-1-3-6-17/h1-13H,14-15H2,(H,28,30)/b21-13-. The van der Waals surface area contributed by atoms with Crippen LogP contribution in [0.5, 0.6) is 5.75 Å². The molecule has 172 valence electrons. The fourth-order valence-corrected chi connectivity index (χ4v) is 4.75. The van der Waals surface area contributed by atoms with E-state index in [0.29, 0.717) is 32.2 Å². The fraction of sp³-hybridized carbons (Fsp3) is 0.0800. The molecular weight excluding hydrogens is 511 g/mol.